The lowest BCUT2D eigenvalue weighted by molar-refractivity contribution is 0.0953. The summed E-state index contributed by atoms with van der Waals surface area (Å²) in [5.74, 6) is 0.778. The lowest BCUT2D eigenvalue weighted by atomic mass is 10.1. The van der Waals surface area contributed by atoms with Crippen LogP contribution < -0.4 is 14.8 Å². The summed E-state index contributed by atoms with van der Waals surface area (Å²) < 4.78 is 24.1. The summed E-state index contributed by atoms with van der Waals surface area (Å²) in [6.45, 7) is 5.49. The van der Waals surface area contributed by atoms with Crippen LogP contribution in [0.15, 0.2) is 42.5 Å². The summed E-state index contributed by atoms with van der Waals surface area (Å²) in [5, 5.41) is 2.86. The van der Waals surface area contributed by atoms with Crippen molar-refractivity contribution in [3.8, 4) is 11.5 Å². The molecule has 2 aromatic rings. The van der Waals surface area contributed by atoms with Crippen LogP contribution in [0.3, 0.4) is 0 Å². The fourth-order valence-corrected chi connectivity index (χ4v) is 2.32. The van der Waals surface area contributed by atoms with Crippen LogP contribution in [0.5, 0.6) is 11.5 Å². The monoisotopic (exact) mass is 345 g/mol. The van der Waals surface area contributed by atoms with Gasteiger partial charge in [-0.05, 0) is 55.7 Å². The second kappa shape index (κ2) is 9.67. The zero-order valence-corrected chi connectivity index (χ0v) is 14.7. The molecule has 0 bridgehead atoms. The van der Waals surface area contributed by atoms with Gasteiger partial charge in [-0.15, -0.1) is 0 Å². The minimum Gasteiger partial charge on any atom is -0.490 e. The molecule has 1 amide bonds. The summed E-state index contributed by atoms with van der Waals surface area (Å²) in [6, 6.07) is 11.4. The third-order valence-corrected chi connectivity index (χ3v) is 3.58. The molecule has 0 aliphatic rings. The average molecular weight is 345 g/mol. The van der Waals surface area contributed by atoms with E-state index in [1.54, 1.807) is 30.3 Å². The molecule has 0 aromatic heterocycles. The van der Waals surface area contributed by atoms with Gasteiger partial charge in [0.2, 0.25) is 0 Å². The zero-order chi connectivity index (χ0) is 18.1. The van der Waals surface area contributed by atoms with Gasteiger partial charge in [0.1, 0.15) is 5.82 Å². The van der Waals surface area contributed by atoms with Gasteiger partial charge < -0.3 is 14.8 Å². The number of hydrogen-bond acceptors (Lipinski definition) is 3. The van der Waals surface area contributed by atoms with Crippen molar-refractivity contribution in [1.29, 1.82) is 0 Å². The molecule has 0 spiro atoms. The number of benzene rings is 2. The van der Waals surface area contributed by atoms with E-state index < -0.39 is 0 Å². The Morgan fingerprint density at radius 3 is 2.48 bits per heavy atom. The van der Waals surface area contributed by atoms with Crippen LogP contribution >= 0.6 is 0 Å². The summed E-state index contributed by atoms with van der Waals surface area (Å²) >= 11 is 0. The van der Waals surface area contributed by atoms with E-state index in [9.17, 15) is 9.18 Å². The number of amides is 1. The first-order valence-electron chi connectivity index (χ1n) is 8.56. The predicted octanol–water partition coefficient (Wildman–Crippen LogP) is 3.99. The minimum absolute atomic E-state index is 0.176. The molecule has 0 radical (unpaired) electrons. The Morgan fingerprint density at radius 1 is 1.04 bits per heavy atom. The molecular weight excluding hydrogens is 321 g/mol. The topological polar surface area (TPSA) is 47.6 Å². The smallest absolute Gasteiger partial charge is 0.251 e. The van der Waals surface area contributed by atoms with Gasteiger partial charge in [-0.2, -0.15) is 0 Å². The van der Waals surface area contributed by atoms with Gasteiger partial charge >= 0.3 is 0 Å². The molecule has 0 aliphatic heterocycles. The SMILES string of the molecule is CCCOc1ccc(C(=O)NCCc2ccc(F)cc2)cc1OCC. The molecule has 0 aliphatic carbocycles. The number of ether oxygens (including phenoxy) is 2. The molecule has 2 aromatic carbocycles. The summed E-state index contributed by atoms with van der Waals surface area (Å²) in [6.07, 6.45) is 1.54. The molecule has 5 heteroatoms. The van der Waals surface area contributed by atoms with Crippen LogP contribution in [-0.4, -0.2) is 25.7 Å². The van der Waals surface area contributed by atoms with E-state index in [2.05, 4.69) is 5.32 Å². The van der Waals surface area contributed by atoms with Crippen LogP contribution in [0, 0.1) is 5.82 Å². The maximum Gasteiger partial charge on any atom is 0.251 e. The molecule has 0 fully saturated rings. The number of carbonyl (C=O) groups excluding carboxylic acids is 1. The minimum atomic E-state index is -0.262. The van der Waals surface area contributed by atoms with Crippen molar-refractivity contribution in [2.24, 2.45) is 0 Å². The number of nitrogens with one attached hydrogen (secondary N) is 1. The molecule has 0 atom stereocenters. The average Bonchev–Trinajstić information content (AvgIpc) is 2.62. The largest absolute Gasteiger partial charge is 0.490 e. The van der Waals surface area contributed by atoms with Gasteiger partial charge in [0.05, 0.1) is 13.2 Å². The number of halogens is 1. The Labute approximate surface area is 148 Å². The molecule has 1 N–H and O–H groups in total. The molecule has 0 saturated carbocycles. The second-order valence-electron chi connectivity index (χ2n) is 5.58. The quantitative estimate of drug-likeness (QED) is 0.748. The van der Waals surface area contributed by atoms with Crippen molar-refractivity contribution in [2.45, 2.75) is 26.7 Å². The molecule has 0 saturated heterocycles. The molecule has 134 valence electrons. The van der Waals surface area contributed by atoms with Gasteiger partial charge in [-0.1, -0.05) is 19.1 Å². The van der Waals surface area contributed by atoms with Crippen molar-refractivity contribution in [3.05, 3.63) is 59.4 Å². The van der Waals surface area contributed by atoms with Gasteiger partial charge in [-0.25, -0.2) is 4.39 Å². The molecular formula is C20H24FNO3. The Balaban J connectivity index is 1.95. The molecule has 4 nitrogen and oxygen atoms in total. The third kappa shape index (κ3) is 5.78. The van der Waals surface area contributed by atoms with E-state index in [0.717, 1.165) is 12.0 Å². The Hall–Kier alpha value is -2.56. The highest BCUT2D eigenvalue weighted by atomic mass is 19.1. The van der Waals surface area contributed by atoms with E-state index in [1.165, 1.54) is 12.1 Å². The molecule has 25 heavy (non-hydrogen) atoms. The fraction of sp³-hybridized carbons (Fsp3) is 0.350. The molecule has 0 unspecified atom stereocenters. The van der Waals surface area contributed by atoms with Crippen LogP contribution in [0.25, 0.3) is 0 Å². The van der Waals surface area contributed by atoms with Crippen LogP contribution in [0.1, 0.15) is 36.2 Å². The van der Waals surface area contributed by atoms with Crippen LogP contribution in [-0.2, 0) is 6.42 Å². The van der Waals surface area contributed by atoms with Crippen molar-refractivity contribution < 1.29 is 18.7 Å². The highest BCUT2D eigenvalue weighted by Gasteiger charge is 2.11. The first-order valence-corrected chi connectivity index (χ1v) is 8.56. The Morgan fingerprint density at radius 2 is 1.80 bits per heavy atom. The van der Waals surface area contributed by atoms with Crippen LogP contribution in [0.4, 0.5) is 4.39 Å². The predicted molar refractivity (Wildman–Crippen MR) is 95.8 cm³/mol. The normalized spacial score (nSPS) is 10.4. The summed E-state index contributed by atoms with van der Waals surface area (Å²) in [5.41, 5.74) is 1.49. The number of carbonyl (C=O) groups is 1. The highest BCUT2D eigenvalue weighted by molar-refractivity contribution is 5.94. The number of rotatable bonds is 9. The van der Waals surface area contributed by atoms with Gasteiger partial charge in [-0.3, -0.25) is 4.79 Å². The summed E-state index contributed by atoms with van der Waals surface area (Å²) in [7, 11) is 0. The van der Waals surface area contributed by atoms with Gasteiger partial charge in [0.25, 0.3) is 5.91 Å². The number of hydrogen-bond donors (Lipinski definition) is 1. The van der Waals surface area contributed by atoms with E-state index in [1.807, 2.05) is 13.8 Å². The maximum atomic E-state index is 12.9. The van der Waals surface area contributed by atoms with E-state index in [-0.39, 0.29) is 11.7 Å². The van der Waals surface area contributed by atoms with Crippen LogP contribution in [0.2, 0.25) is 0 Å². The lowest BCUT2D eigenvalue weighted by Crippen LogP contribution is -2.25. The van der Waals surface area contributed by atoms with Crippen molar-refractivity contribution in [2.75, 3.05) is 19.8 Å². The van der Waals surface area contributed by atoms with Crippen molar-refractivity contribution in [3.63, 3.8) is 0 Å². The third-order valence-electron chi connectivity index (χ3n) is 3.58. The van der Waals surface area contributed by atoms with E-state index in [0.29, 0.717) is 43.2 Å². The fourth-order valence-electron chi connectivity index (χ4n) is 2.32. The van der Waals surface area contributed by atoms with Gasteiger partial charge in [0.15, 0.2) is 11.5 Å². The first kappa shape index (κ1) is 18.8. The molecule has 2 rings (SSSR count). The first-order chi connectivity index (χ1) is 12.1. The zero-order valence-electron chi connectivity index (χ0n) is 14.7. The van der Waals surface area contributed by atoms with Crippen molar-refractivity contribution >= 4 is 5.91 Å². The Kier molecular flexibility index (Phi) is 7.26. The van der Waals surface area contributed by atoms with E-state index in [4.69, 9.17) is 9.47 Å². The summed E-state index contributed by atoms with van der Waals surface area (Å²) in [4.78, 5) is 12.3. The Bertz CT molecular complexity index is 686. The van der Waals surface area contributed by atoms with E-state index >= 15 is 0 Å². The maximum absolute atomic E-state index is 12.9. The molecule has 0 heterocycles. The van der Waals surface area contributed by atoms with Gasteiger partial charge in [0, 0.05) is 12.1 Å². The second-order valence-corrected chi connectivity index (χ2v) is 5.58. The standard InChI is InChI=1S/C20H24FNO3/c1-3-13-25-18-10-7-16(14-19(18)24-4-2)20(23)22-12-11-15-5-8-17(21)9-6-15/h5-10,14H,3-4,11-13H2,1-2H3,(H,22,23). The highest BCUT2D eigenvalue weighted by Crippen LogP contribution is 2.28. The van der Waals surface area contributed by atoms with Crippen molar-refractivity contribution in [1.82, 2.24) is 5.32 Å². The lowest BCUT2D eigenvalue weighted by Gasteiger charge is -2.13.